The Balaban J connectivity index is 1.92. The predicted octanol–water partition coefficient (Wildman–Crippen LogP) is 1.22. The van der Waals surface area contributed by atoms with Gasteiger partial charge in [-0.25, -0.2) is 9.97 Å². The van der Waals surface area contributed by atoms with Crippen molar-refractivity contribution in [1.29, 1.82) is 0 Å². The van der Waals surface area contributed by atoms with Gasteiger partial charge < -0.3 is 16.0 Å². The van der Waals surface area contributed by atoms with Crippen molar-refractivity contribution in [2.45, 2.75) is 6.42 Å². The van der Waals surface area contributed by atoms with E-state index >= 15 is 0 Å². The third-order valence-electron chi connectivity index (χ3n) is 2.38. The van der Waals surface area contributed by atoms with Gasteiger partial charge in [0.2, 0.25) is 0 Å². The molecule has 102 valence electrons. The number of hydrogen-bond acceptors (Lipinski definition) is 7. The van der Waals surface area contributed by atoms with Gasteiger partial charge in [0.15, 0.2) is 5.13 Å². The van der Waals surface area contributed by atoms with Crippen LogP contribution >= 0.6 is 22.7 Å². The zero-order valence-electron chi connectivity index (χ0n) is 10.7. The van der Waals surface area contributed by atoms with E-state index in [2.05, 4.69) is 15.3 Å². The van der Waals surface area contributed by atoms with Crippen LogP contribution in [0.4, 0.5) is 10.9 Å². The lowest BCUT2D eigenvalue weighted by Crippen LogP contribution is -2.25. The summed E-state index contributed by atoms with van der Waals surface area (Å²) in [5.74, 6) is 0.0955. The molecule has 3 N–H and O–H groups in total. The van der Waals surface area contributed by atoms with Crippen LogP contribution in [-0.2, 0) is 6.42 Å². The molecule has 0 aromatic carbocycles. The number of carbonyl (C=O) groups excluding carboxylic acids is 1. The quantitative estimate of drug-likeness (QED) is 0.867. The average Bonchev–Trinajstić information content (AvgIpc) is 2.98. The first kappa shape index (κ1) is 13.8. The molecule has 0 spiro atoms. The fraction of sp³-hybridized carbons (Fsp3) is 0.364. The summed E-state index contributed by atoms with van der Waals surface area (Å²) in [7, 11) is 3.73. The average molecular weight is 297 g/mol. The van der Waals surface area contributed by atoms with E-state index in [1.807, 2.05) is 24.4 Å². The summed E-state index contributed by atoms with van der Waals surface area (Å²) in [4.78, 5) is 22.6. The highest BCUT2D eigenvalue weighted by Gasteiger charge is 2.16. The Labute approximate surface area is 119 Å². The van der Waals surface area contributed by atoms with Crippen molar-refractivity contribution in [3.63, 3.8) is 0 Å². The Morgan fingerprint density at radius 3 is 2.89 bits per heavy atom. The van der Waals surface area contributed by atoms with E-state index in [1.54, 1.807) is 16.8 Å². The standard InChI is InChI=1S/C11H15N5OS2/c1-16(2)11-15-9(12)8(19-11)10(17)13-4-3-7-5-18-6-14-7/h5-6H,3-4,12H2,1-2H3,(H,13,17). The van der Waals surface area contributed by atoms with Gasteiger partial charge >= 0.3 is 0 Å². The summed E-state index contributed by atoms with van der Waals surface area (Å²) in [5, 5.41) is 5.52. The van der Waals surface area contributed by atoms with E-state index in [9.17, 15) is 4.79 Å². The van der Waals surface area contributed by atoms with E-state index in [0.29, 0.717) is 17.8 Å². The molecule has 0 atom stereocenters. The molecular weight excluding hydrogens is 282 g/mol. The van der Waals surface area contributed by atoms with Gasteiger partial charge in [-0.3, -0.25) is 4.79 Å². The zero-order valence-corrected chi connectivity index (χ0v) is 12.3. The molecule has 2 rings (SSSR count). The predicted molar refractivity (Wildman–Crippen MR) is 79.0 cm³/mol. The summed E-state index contributed by atoms with van der Waals surface area (Å²) in [5.41, 5.74) is 8.51. The maximum atomic E-state index is 12.0. The minimum atomic E-state index is -0.182. The monoisotopic (exact) mass is 297 g/mol. The van der Waals surface area contributed by atoms with Gasteiger partial charge in [0.25, 0.3) is 5.91 Å². The molecule has 6 nitrogen and oxygen atoms in total. The van der Waals surface area contributed by atoms with Crippen LogP contribution in [-0.4, -0.2) is 36.5 Å². The zero-order chi connectivity index (χ0) is 13.8. The highest BCUT2D eigenvalue weighted by atomic mass is 32.1. The molecule has 2 aromatic heterocycles. The minimum absolute atomic E-state index is 0.182. The maximum absolute atomic E-state index is 12.0. The van der Waals surface area contributed by atoms with Crippen molar-refractivity contribution < 1.29 is 4.79 Å². The number of nitrogens with one attached hydrogen (secondary N) is 1. The van der Waals surface area contributed by atoms with Crippen LogP contribution in [0.15, 0.2) is 10.9 Å². The van der Waals surface area contributed by atoms with Crippen molar-refractivity contribution in [3.8, 4) is 0 Å². The number of carbonyl (C=O) groups is 1. The molecule has 0 bridgehead atoms. The highest BCUT2D eigenvalue weighted by molar-refractivity contribution is 7.18. The van der Waals surface area contributed by atoms with Crippen molar-refractivity contribution in [1.82, 2.24) is 15.3 Å². The maximum Gasteiger partial charge on any atom is 0.265 e. The topological polar surface area (TPSA) is 84.1 Å². The molecule has 0 aliphatic heterocycles. The first-order chi connectivity index (χ1) is 9.08. The van der Waals surface area contributed by atoms with Crippen molar-refractivity contribution in [3.05, 3.63) is 21.5 Å². The van der Waals surface area contributed by atoms with Crippen LogP contribution in [0.1, 0.15) is 15.4 Å². The number of aromatic nitrogens is 2. The largest absolute Gasteiger partial charge is 0.382 e. The van der Waals surface area contributed by atoms with Crippen LogP contribution in [0, 0.1) is 0 Å². The Bertz CT molecular complexity index is 549. The van der Waals surface area contributed by atoms with Gasteiger partial charge in [-0.2, -0.15) is 0 Å². The Hall–Kier alpha value is -1.67. The van der Waals surface area contributed by atoms with Gasteiger partial charge in [0, 0.05) is 32.4 Å². The van der Waals surface area contributed by atoms with Crippen molar-refractivity contribution in [2.24, 2.45) is 0 Å². The third-order valence-corrected chi connectivity index (χ3v) is 4.25. The first-order valence-corrected chi connectivity index (χ1v) is 7.42. The van der Waals surface area contributed by atoms with Crippen molar-refractivity contribution >= 4 is 39.5 Å². The molecule has 8 heteroatoms. The molecule has 0 radical (unpaired) electrons. The van der Waals surface area contributed by atoms with Crippen molar-refractivity contribution in [2.75, 3.05) is 31.3 Å². The van der Waals surface area contributed by atoms with Crippen LogP contribution in [0.25, 0.3) is 0 Å². The lowest BCUT2D eigenvalue weighted by atomic mass is 10.3. The fourth-order valence-corrected chi connectivity index (χ4v) is 2.84. The Kier molecular flexibility index (Phi) is 4.33. The SMILES string of the molecule is CN(C)c1nc(N)c(C(=O)NCCc2cscn2)s1. The normalized spacial score (nSPS) is 10.4. The van der Waals surface area contributed by atoms with Crippen LogP contribution < -0.4 is 16.0 Å². The van der Waals surface area contributed by atoms with Gasteiger partial charge in [0.05, 0.1) is 11.2 Å². The molecule has 0 saturated heterocycles. The van der Waals surface area contributed by atoms with Crippen LogP contribution in [0.5, 0.6) is 0 Å². The second-order valence-electron chi connectivity index (χ2n) is 4.09. The second-order valence-corrected chi connectivity index (χ2v) is 5.79. The van der Waals surface area contributed by atoms with Gasteiger partial charge in [-0.1, -0.05) is 11.3 Å². The van der Waals surface area contributed by atoms with E-state index in [1.165, 1.54) is 11.3 Å². The molecule has 19 heavy (non-hydrogen) atoms. The molecule has 0 fully saturated rings. The number of anilines is 2. The summed E-state index contributed by atoms with van der Waals surface area (Å²) in [6, 6.07) is 0. The Morgan fingerprint density at radius 2 is 2.32 bits per heavy atom. The summed E-state index contributed by atoms with van der Waals surface area (Å²) < 4.78 is 0. The number of rotatable bonds is 5. The Morgan fingerprint density at radius 1 is 1.53 bits per heavy atom. The molecular formula is C11H15N5OS2. The molecule has 0 unspecified atom stereocenters. The number of amides is 1. The lowest BCUT2D eigenvalue weighted by Gasteiger charge is -2.05. The lowest BCUT2D eigenvalue weighted by molar-refractivity contribution is 0.0959. The molecule has 0 aliphatic rings. The minimum Gasteiger partial charge on any atom is -0.382 e. The number of thiazole rings is 2. The number of nitrogens with two attached hydrogens (primary N) is 1. The number of nitrogen functional groups attached to an aromatic ring is 1. The molecule has 2 aromatic rings. The first-order valence-electron chi connectivity index (χ1n) is 5.67. The van der Waals surface area contributed by atoms with Gasteiger partial charge in [0.1, 0.15) is 10.7 Å². The van der Waals surface area contributed by atoms with E-state index in [0.717, 1.165) is 10.8 Å². The molecule has 0 aliphatic carbocycles. The molecule has 0 saturated carbocycles. The molecule has 1 amide bonds. The van der Waals surface area contributed by atoms with E-state index in [-0.39, 0.29) is 11.7 Å². The number of nitrogens with zero attached hydrogens (tertiary/aromatic N) is 3. The van der Waals surface area contributed by atoms with E-state index < -0.39 is 0 Å². The fourth-order valence-electron chi connectivity index (χ4n) is 1.42. The van der Waals surface area contributed by atoms with Gasteiger partial charge in [-0.05, 0) is 0 Å². The summed E-state index contributed by atoms with van der Waals surface area (Å²) in [6.07, 6.45) is 0.717. The highest BCUT2D eigenvalue weighted by Crippen LogP contribution is 2.26. The van der Waals surface area contributed by atoms with E-state index in [4.69, 9.17) is 5.73 Å². The van der Waals surface area contributed by atoms with Crippen LogP contribution in [0.3, 0.4) is 0 Å². The van der Waals surface area contributed by atoms with Gasteiger partial charge in [-0.15, -0.1) is 11.3 Å². The van der Waals surface area contributed by atoms with Crippen LogP contribution in [0.2, 0.25) is 0 Å². The summed E-state index contributed by atoms with van der Waals surface area (Å²) in [6.45, 7) is 0.539. The second kappa shape index (κ2) is 5.98. The summed E-state index contributed by atoms with van der Waals surface area (Å²) >= 11 is 2.83. The smallest absolute Gasteiger partial charge is 0.265 e. The third kappa shape index (κ3) is 3.42. The number of hydrogen-bond donors (Lipinski definition) is 2. The molecule has 2 heterocycles.